The van der Waals surface area contributed by atoms with Gasteiger partial charge in [0.05, 0.1) is 6.61 Å². The quantitative estimate of drug-likeness (QED) is 0.476. The molecule has 1 amide bonds. The van der Waals surface area contributed by atoms with E-state index < -0.39 is 0 Å². The number of amides is 1. The number of nitrogens with one attached hydrogen (secondary N) is 1. The minimum atomic E-state index is -0.319. The second-order valence-electron chi connectivity index (χ2n) is 6.23. The van der Waals surface area contributed by atoms with Gasteiger partial charge in [0, 0.05) is 23.7 Å². The number of anilines is 1. The minimum absolute atomic E-state index is 0.257. The number of hydrogen-bond acceptors (Lipinski definition) is 4. The maximum atomic E-state index is 12.8. The van der Waals surface area contributed by atoms with Crippen molar-refractivity contribution in [2.24, 2.45) is 0 Å². The van der Waals surface area contributed by atoms with Crippen LogP contribution in [0.3, 0.4) is 0 Å². The molecular formula is C23H19NO4. The van der Waals surface area contributed by atoms with Crippen LogP contribution in [-0.4, -0.2) is 13.0 Å². The van der Waals surface area contributed by atoms with E-state index >= 15 is 0 Å². The predicted octanol–water partition coefficient (Wildman–Crippen LogP) is 5.62. The Kier molecular flexibility index (Phi) is 5.08. The summed E-state index contributed by atoms with van der Waals surface area (Å²) in [6, 6.07) is 24.2. The summed E-state index contributed by atoms with van der Waals surface area (Å²) in [5.41, 5.74) is 2.04. The van der Waals surface area contributed by atoms with E-state index in [1.165, 1.54) is 0 Å². The lowest BCUT2D eigenvalue weighted by atomic mass is 10.1. The van der Waals surface area contributed by atoms with E-state index in [1.807, 2.05) is 54.6 Å². The Labute approximate surface area is 162 Å². The topological polar surface area (TPSA) is 60.7 Å². The van der Waals surface area contributed by atoms with Gasteiger partial charge >= 0.3 is 0 Å². The minimum Gasteiger partial charge on any atom is -0.457 e. The summed E-state index contributed by atoms with van der Waals surface area (Å²) in [4.78, 5) is 12.8. The molecule has 0 spiro atoms. The molecule has 5 nitrogen and oxygen atoms in total. The Morgan fingerprint density at radius 1 is 0.893 bits per heavy atom. The molecule has 1 aromatic heterocycles. The van der Waals surface area contributed by atoms with Gasteiger partial charge in [-0.15, -0.1) is 0 Å². The molecule has 0 bridgehead atoms. The molecule has 0 saturated carbocycles. The smallest absolute Gasteiger partial charge is 0.291 e. The van der Waals surface area contributed by atoms with Gasteiger partial charge in [0.15, 0.2) is 5.76 Å². The Morgan fingerprint density at radius 3 is 2.32 bits per heavy atom. The Morgan fingerprint density at radius 2 is 1.57 bits per heavy atom. The van der Waals surface area contributed by atoms with Gasteiger partial charge in [0.25, 0.3) is 5.91 Å². The number of hydrogen-bond donors (Lipinski definition) is 1. The average Bonchev–Trinajstić information content (AvgIpc) is 3.09. The van der Waals surface area contributed by atoms with Gasteiger partial charge < -0.3 is 19.2 Å². The zero-order valence-electron chi connectivity index (χ0n) is 15.3. The second-order valence-corrected chi connectivity index (χ2v) is 6.23. The van der Waals surface area contributed by atoms with Crippen molar-refractivity contribution < 1.29 is 18.7 Å². The molecule has 140 valence electrons. The number of ether oxygens (including phenoxy) is 2. The van der Waals surface area contributed by atoms with E-state index in [9.17, 15) is 4.79 Å². The maximum absolute atomic E-state index is 12.8. The van der Waals surface area contributed by atoms with Crippen LogP contribution in [0, 0.1) is 0 Å². The lowest BCUT2D eigenvalue weighted by Crippen LogP contribution is -2.13. The van der Waals surface area contributed by atoms with Crippen molar-refractivity contribution in [3.63, 3.8) is 0 Å². The molecule has 1 N–H and O–H groups in total. The number of carbonyl (C=O) groups excluding carboxylic acids is 1. The molecule has 0 aliphatic carbocycles. The first-order valence-electron chi connectivity index (χ1n) is 8.88. The molecule has 28 heavy (non-hydrogen) atoms. The van der Waals surface area contributed by atoms with Crippen LogP contribution in [0.25, 0.3) is 11.0 Å². The maximum Gasteiger partial charge on any atom is 0.291 e. The molecule has 0 fully saturated rings. The highest BCUT2D eigenvalue weighted by Gasteiger charge is 2.20. The highest BCUT2D eigenvalue weighted by atomic mass is 16.5. The molecule has 0 aliphatic rings. The third-order valence-corrected chi connectivity index (χ3v) is 4.28. The fourth-order valence-corrected chi connectivity index (χ4v) is 2.99. The van der Waals surface area contributed by atoms with E-state index in [-0.39, 0.29) is 11.7 Å². The Balaban J connectivity index is 1.52. The monoisotopic (exact) mass is 373 g/mol. The predicted molar refractivity (Wildman–Crippen MR) is 108 cm³/mol. The highest BCUT2D eigenvalue weighted by Crippen LogP contribution is 2.28. The van der Waals surface area contributed by atoms with Gasteiger partial charge in [-0.25, -0.2) is 0 Å². The number of methoxy groups -OCH3 is 1. The van der Waals surface area contributed by atoms with Crippen LogP contribution in [0.15, 0.2) is 83.3 Å². The summed E-state index contributed by atoms with van der Waals surface area (Å²) < 4.78 is 16.8. The van der Waals surface area contributed by atoms with E-state index in [2.05, 4.69) is 5.32 Å². The van der Waals surface area contributed by atoms with Crippen LogP contribution in [0.1, 0.15) is 16.1 Å². The Bertz CT molecular complexity index is 1080. The SMILES string of the molecule is COCc1c(C(=O)Nc2ccc(Oc3ccccc3)cc2)oc2ccccc12. The van der Waals surface area contributed by atoms with Crippen LogP contribution >= 0.6 is 0 Å². The second kappa shape index (κ2) is 7.98. The van der Waals surface area contributed by atoms with Gasteiger partial charge in [-0.3, -0.25) is 4.79 Å². The summed E-state index contributed by atoms with van der Waals surface area (Å²) in [5, 5.41) is 3.74. The van der Waals surface area contributed by atoms with Gasteiger partial charge in [-0.05, 0) is 42.5 Å². The zero-order chi connectivity index (χ0) is 19.3. The first-order valence-corrected chi connectivity index (χ1v) is 8.88. The normalized spacial score (nSPS) is 10.8. The van der Waals surface area contributed by atoms with Crippen molar-refractivity contribution in [1.29, 1.82) is 0 Å². The molecule has 5 heteroatoms. The first kappa shape index (κ1) is 17.8. The molecular weight excluding hydrogens is 354 g/mol. The van der Waals surface area contributed by atoms with E-state index in [1.54, 1.807) is 31.4 Å². The molecule has 0 radical (unpaired) electrons. The third-order valence-electron chi connectivity index (χ3n) is 4.28. The third kappa shape index (κ3) is 3.75. The van der Waals surface area contributed by atoms with Crippen LogP contribution in [0.2, 0.25) is 0 Å². The van der Waals surface area contributed by atoms with Crippen LogP contribution in [0.4, 0.5) is 5.69 Å². The summed E-state index contributed by atoms with van der Waals surface area (Å²) in [5.74, 6) is 1.38. The van der Waals surface area contributed by atoms with Crippen molar-refractivity contribution in [3.8, 4) is 11.5 Å². The molecule has 0 aliphatic heterocycles. The first-order chi connectivity index (χ1) is 13.7. The molecule has 0 unspecified atom stereocenters. The zero-order valence-corrected chi connectivity index (χ0v) is 15.3. The number of furan rings is 1. The van der Waals surface area contributed by atoms with E-state index in [4.69, 9.17) is 13.9 Å². The van der Waals surface area contributed by atoms with Crippen molar-refractivity contribution in [2.75, 3.05) is 12.4 Å². The fourth-order valence-electron chi connectivity index (χ4n) is 2.99. The Hall–Kier alpha value is -3.57. The number of rotatable bonds is 6. The molecule has 4 aromatic rings. The number of fused-ring (bicyclic) bond motifs is 1. The van der Waals surface area contributed by atoms with E-state index in [0.717, 1.165) is 16.7 Å². The largest absolute Gasteiger partial charge is 0.457 e. The van der Waals surface area contributed by atoms with Gasteiger partial charge in [0.2, 0.25) is 0 Å². The van der Waals surface area contributed by atoms with Crippen LogP contribution in [0.5, 0.6) is 11.5 Å². The van der Waals surface area contributed by atoms with E-state index in [0.29, 0.717) is 23.6 Å². The summed E-state index contributed by atoms with van der Waals surface area (Å²) >= 11 is 0. The molecule has 0 atom stereocenters. The number of benzene rings is 3. The highest BCUT2D eigenvalue weighted by molar-refractivity contribution is 6.06. The van der Waals surface area contributed by atoms with Crippen LogP contribution in [-0.2, 0) is 11.3 Å². The lowest BCUT2D eigenvalue weighted by molar-refractivity contribution is 0.0992. The molecule has 3 aromatic carbocycles. The summed E-state index contributed by atoms with van der Waals surface area (Å²) in [7, 11) is 1.59. The molecule has 4 rings (SSSR count). The van der Waals surface area contributed by atoms with Crippen molar-refractivity contribution in [1.82, 2.24) is 0 Å². The fraction of sp³-hybridized carbons (Fsp3) is 0.0870. The molecule has 0 saturated heterocycles. The van der Waals surface area contributed by atoms with Gasteiger partial charge in [0.1, 0.15) is 17.1 Å². The van der Waals surface area contributed by atoms with Gasteiger partial charge in [-0.1, -0.05) is 36.4 Å². The molecule has 1 heterocycles. The number of para-hydroxylation sites is 2. The summed E-state index contributed by atoms with van der Waals surface area (Å²) in [6.07, 6.45) is 0. The van der Waals surface area contributed by atoms with Gasteiger partial charge in [-0.2, -0.15) is 0 Å². The van der Waals surface area contributed by atoms with Crippen molar-refractivity contribution >= 4 is 22.6 Å². The standard InChI is InChI=1S/C23H19NO4/c1-26-15-20-19-9-5-6-10-21(19)28-22(20)23(25)24-16-11-13-18(14-12-16)27-17-7-3-2-4-8-17/h2-14H,15H2,1H3,(H,24,25). The van der Waals surface area contributed by atoms with Crippen LogP contribution < -0.4 is 10.1 Å². The van der Waals surface area contributed by atoms with Crippen molar-refractivity contribution in [3.05, 3.63) is 90.2 Å². The summed E-state index contributed by atoms with van der Waals surface area (Å²) in [6.45, 7) is 0.295. The number of carbonyl (C=O) groups is 1. The lowest BCUT2D eigenvalue weighted by Gasteiger charge is -2.08. The average molecular weight is 373 g/mol. The van der Waals surface area contributed by atoms with Crippen molar-refractivity contribution in [2.45, 2.75) is 6.61 Å².